The molecule has 1 atom stereocenters. The first-order chi connectivity index (χ1) is 10.6. The second-order valence-electron chi connectivity index (χ2n) is 4.98. The summed E-state index contributed by atoms with van der Waals surface area (Å²) in [4.78, 5) is 4.50. The van der Waals surface area contributed by atoms with Crippen LogP contribution in [-0.2, 0) is 6.54 Å². The number of benzene rings is 1. The molecule has 2 heterocycles. The fourth-order valence-corrected chi connectivity index (χ4v) is 2.98. The first-order valence-electron chi connectivity index (χ1n) is 6.81. The molecular weight excluding hydrogens is 321 g/mol. The zero-order chi connectivity index (χ0) is 15.7. The molecule has 0 radical (unpaired) electrons. The van der Waals surface area contributed by atoms with Crippen molar-refractivity contribution >= 4 is 23.2 Å². The molecule has 1 aromatic carbocycles. The van der Waals surface area contributed by atoms with Crippen LogP contribution in [0.25, 0.3) is 11.3 Å². The van der Waals surface area contributed by atoms with E-state index in [1.54, 1.807) is 24.7 Å². The molecule has 0 spiro atoms. The highest BCUT2D eigenvalue weighted by atomic mass is 35.5. The summed E-state index contributed by atoms with van der Waals surface area (Å²) in [5.41, 5.74) is 9.52. The number of nitrogens with one attached hydrogen (secondary N) is 1. The Bertz CT molecular complexity index is 779. The molecule has 7 heteroatoms. The molecule has 2 aromatic heterocycles. The van der Waals surface area contributed by atoms with Crippen LogP contribution in [0.2, 0.25) is 10.0 Å². The Hall–Kier alpha value is -1.82. The van der Waals surface area contributed by atoms with Crippen LogP contribution in [0.1, 0.15) is 24.2 Å². The van der Waals surface area contributed by atoms with E-state index in [0.29, 0.717) is 16.6 Å². The normalized spacial score (nSPS) is 12.5. The molecule has 0 bridgehead atoms. The first kappa shape index (κ1) is 15.1. The van der Waals surface area contributed by atoms with Gasteiger partial charge < -0.3 is 10.3 Å². The summed E-state index contributed by atoms with van der Waals surface area (Å²) >= 11 is 12.2. The Labute approximate surface area is 138 Å². The summed E-state index contributed by atoms with van der Waals surface area (Å²) < 4.78 is 2.03. The van der Waals surface area contributed by atoms with Gasteiger partial charge >= 0.3 is 0 Å². The summed E-state index contributed by atoms with van der Waals surface area (Å²) in [6.45, 7) is 2.43. The van der Waals surface area contributed by atoms with Crippen LogP contribution in [0, 0.1) is 0 Å². The van der Waals surface area contributed by atoms with E-state index < -0.39 is 0 Å². The number of aromatic amines is 1. The fourth-order valence-electron chi connectivity index (χ4n) is 2.48. The number of hydrogen-bond donors (Lipinski definition) is 2. The highest BCUT2D eigenvalue weighted by Gasteiger charge is 2.18. The lowest BCUT2D eigenvalue weighted by Gasteiger charge is -2.15. The average molecular weight is 336 g/mol. The Morgan fingerprint density at radius 3 is 2.82 bits per heavy atom. The maximum Gasteiger partial charge on any atom is 0.0962 e. The number of H-pyrrole nitrogens is 1. The minimum absolute atomic E-state index is 0.0737. The molecular formula is C15H15Cl2N5. The van der Waals surface area contributed by atoms with Gasteiger partial charge in [-0.15, -0.1) is 0 Å². The van der Waals surface area contributed by atoms with E-state index in [1.165, 1.54) is 0 Å². The molecule has 0 fully saturated rings. The Balaban J connectivity index is 2.07. The maximum atomic E-state index is 6.29. The number of halogens is 2. The molecule has 3 N–H and O–H groups in total. The summed E-state index contributed by atoms with van der Waals surface area (Å²) in [5, 5.41) is 7.96. The van der Waals surface area contributed by atoms with Crippen LogP contribution in [0.3, 0.4) is 0 Å². The van der Waals surface area contributed by atoms with Crippen molar-refractivity contribution in [1.82, 2.24) is 19.7 Å². The third-order valence-corrected chi connectivity index (χ3v) is 4.24. The van der Waals surface area contributed by atoms with Crippen molar-refractivity contribution in [3.63, 3.8) is 0 Å². The van der Waals surface area contributed by atoms with Gasteiger partial charge in [0.2, 0.25) is 0 Å². The minimum Gasteiger partial charge on any atom is -0.325 e. The van der Waals surface area contributed by atoms with E-state index in [9.17, 15) is 0 Å². The molecule has 114 valence electrons. The van der Waals surface area contributed by atoms with Crippen LogP contribution >= 0.6 is 23.2 Å². The van der Waals surface area contributed by atoms with Gasteiger partial charge in [0, 0.05) is 28.9 Å². The van der Waals surface area contributed by atoms with E-state index in [4.69, 9.17) is 28.9 Å². The number of rotatable bonds is 4. The standard InChI is InChI=1S/C15H15Cl2N5/c1-9(10-6-20-21-7-10)22-8-19-15(14(22)5-18)12-3-2-11(16)4-13(12)17/h2-4,6-9H,5,18H2,1H3,(H,20,21). The van der Waals surface area contributed by atoms with Crippen molar-refractivity contribution < 1.29 is 0 Å². The van der Waals surface area contributed by atoms with E-state index >= 15 is 0 Å². The maximum absolute atomic E-state index is 6.29. The van der Waals surface area contributed by atoms with Crippen molar-refractivity contribution in [3.8, 4) is 11.3 Å². The van der Waals surface area contributed by atoms with Crippen molar-refractivity contribution in [2.24, 2.45) is 5.73 Å². The lowest BCUT2D eigenvalue weighted by atomic mass is 10.1. The van der Waals surface area contributed by atoms with Crippen LogP contribution in [0.5, 0.6) is 0 Å². The molecule has 5 nitrogen and oxygen atoms in total. The van der Waals surface area contributed by atoms with Gasteiger partial charge in [-0.2, -0.15) is 5.10 Å². The lowest BCUT2D eigenvalue weighted by Crippen LogP contribution is -2.12. The molecule has 0 amide bonds. The van der Waals surface area contributed by atoms with Gasteiger partial charge in [0.05, 0.1) is 35.0 Å². The average Bonchev–Trinajstić information content (AvgIpc) is 3.16. The number of nitrogens with two attached hydrogens (primary N) is 1. The Morgan fingerprint density at radius 1 is 1.36 bits per heavy atom. The molecule has 1 unspecified atom stereocenters. The minimum atomic E-state index is 0.0737. The van der Waals surface area contributed by atoms with Crippen molar-refractivity contribution in [2.75, 3.05) is 0 Å². The smallest absolute Gasteiger partial charge is 0.0962 e. The zero-order valence-electron chi connectivity index (χ0n) is 11.9. The van der Waals surface area contributed by atoms with E-state index in [0.717, 1.165) is 22.5 Å². The van der Waals surface area contributed by atoms with E-state index in [1.807, 2.05) is 16.8 Å². The van der Waals surface area contributed by atoms with E-state index in [2.05, 4.69) is 22.1 Å². The molecule has 3 aromatic rings. The highest BCUT2D eigenvalue weighted by Crippen LogP contribution is 2.33. The molecule has 0 saturated carbocycles. The SMILES string of the molecule is CC(c1cn[nH]c1)n1cnc(-c2ccc(Cl)cc2Cl)c1CN. The molecule has 0 aliphatic rings. The van der Waals surface area contributed by atoms with Gasteiger partial charge in [0.15, 0.2) is 0 Å². The number of aromatic nitrogens is 4. The van der Waals surface area contributed by atoms with E-state index in [-0.39, 0.29) is 6.04 Å². The van der Waals surface area contributed by atoms with Crippen molar-refractivity contribution in [1.29, 1.82) is 0 Å². The van der Waals surface area contributed by atoms with Gasteiger partial charge in [0.25, 0.3) is 0 Å². The second kappa shape index (κ2) is 6.12. The van der Waals surface area contributed by atoms with Crippen LogP contribution < -0.4 is 5.73 Å². The van der Waals surface area contributed by atoms with Gasteiger partial charge in [-0.05, 0) is 25.1 Å². The third kappa shape index (κ3) is 2.63. The summed E-state index contributed by atoms with van der Waals surface area (Å²) in [6.07, 6.45) is 5.43. The number of hydrogen-bond acceptors (Lipinski definition) is 3. The largest absolute Gasteiger partial charge is 0.325 e. The monoisotopic (exact) mass is 335 g/mol. The van der Waals surface area contributed by atoms with Crippen LogP contribution in [0.4, 0.5) is 0 Å². The van der Waals surface area contributed by atoms with Crippen LogP contribution in [0.15, 0.2) is 36.9 Å². The Kier molecular flexibility index (Phi) is 4.20. The quantitative estimate of drug-likeness (QED) is 0.764. The predicted molar refractivity (Wildman–Crippen MR) is 88.0 cm³/mol. The molecule has 0 aliphatic carbocycles. The first-order valence-corrected chi connectivity index (χ1v) is 7.57. The summed E-state index contributed by atoms with van der Waals surface area (Å²) in [5.74, 6) is 0. The fraction of sp³-hybridized carbons (Fsp3) is 0.200. The molecule has 0 saturated heterocycles. The summed E-state index contributed by atoms with van der Waals surface area (Å²) in [6, 6.07) is 5.43. The van der Waals surface area contributed by atoms with Crippen LogP contribution in [-0.4, -0.2) is 19.7 Å². The second-order valence-corrected chi connectivity index (χ2v) is 5.83. The number of imidazole rings is 1. The lowest BCUT2D eigenvalue weighted by molar-refractivity contribution is 0.609. The molecule has 0 aliphatic heterocycles. The highest BCUT2D eigenvalue weighted by molar-refractivity contribution is 6.36. The van der Waals surface area contributed by atoms with Gasteiger partial charge in [0.1, 0.15) is 0 Å². The Morgan fingerprint density at radius 2 is 2.18 bits per heavy atom. The summed E-state index contributed by atoms with van der Waals surface area (Å²) in [7, 11) is 0. The molecule has 3 rings (SSSR count). The van der Waals surface area contributed by atoms with Crippen molar-refractivity contribution in [3.05, 3.63) is 58.2 Å². The number of nitrogens with zero attached hydrogens (tertiary/aromatic N) is 3. The zero-order valence-corrected chi connectivity index (χ0v) is 13.4. The third-order valence-electron chi connectivity index (χ3n) is 3.69. The van der Waals surface area contributed by atoms with Gasteiger partial charge in [-0.1, -0.05) is 23.2 Å². The van der Waals surface area contributed by atoms with Gasteiger partial charge in [-0.3, -0.25) is 5.10 Å². The molecule has 22 heavy (non-hydrogen) atoms. The van der Waals surface area contributed by atoms with Gasteiger partial charge in [-0.25, -0.2) is 4.98 Å². The predicted octanol–water partition coefficient (Wildman–Crippen LogP) is 3.65. The van der Waals surface area contributed by atoms with Crippen molar-refractivity contribution in [2.45, 2.75) is 19.5 Å². The topological polar surface area (TPSA) is 72.5 Å².